The molecule has 0 atom stereocenters. The molecule has 0 unspecified atom stereocenters. The quantitative estimate of drug-likeness (QED) is 0.754. The fraction of sp³-hybridized carbons (Fsp3) is 0.222. The zero-order valence-electron chi connectivity index (χ0n) is 13.5. The zero-order valence-corrected chi connectivity index (χ0v) is 13.5. The molecule has 0 saturated carbocycles. The lowest BCUT2D eigenvalue weighted by atomic mass is 10.2. The van der Waals surface area contributed by atoms with Crippen molar-refractivity contribution in [3.05, 3.63) is 66.6 Å². The highest BCUT2D eigenvalue weighted by Crippen LogP contribution is 2.13. The topological polar surface area (TPSA) is 71.8 Å². The molecule has 0 saturated heterocycles. The minimum absolute atomic E-state index is 0.0867. The number of likely N-dealkylation sites (N-methyl/N-ethyl adjacent to an activating group) is 1. The lowest BCUT2D eigenvalue weighted by molar-refractivity contribution is -0.129. The number of benzene rings is 1. The van der Waals surface area contributed by atoms with Crippen molar-refractivity contribution in [1.82, 2.24) is 10.2 Å². The normalized spacial score (nSPS) is 10.0. The Hall–Kier alpha value is -3.02. The van der Waals surface area contributed by atoms with Crippen LogP contribution in [0.5, 0.6) is 5.75 Å². The number of rotatable bonds is 8. The molecule has 0 aliphatic rings. The molecule has 24 heavy (non-hydrogen) atoms. The van der Waals surface area contributed by atoms with Crippen molar-refractivity contribution >= 4 is 11.8 Å². The predicted molar refractivity (Wildman–Crippen MR) is 89.6 cm³/mol. The van der Waals surface area contributed by atoms with E-state index in [2.05, 4.69) is 11.9 Å². The Morgan fingerprint density at radius 3 is 2.67 bits per heavy atom. The van der Waals surface area contributed by atoms with E-state index < -0.39 is 5.91 Å². The molecule has 0 aliphatic carbocycles. The maximum absolute atomic E-state index is 12.1. The van der Waals surface area contributed by atoms with Crippen LogP contribution in [0.25, 0.3) is 0 Å². The molecule has 6 heteroatoms. The summed E-state index contributed by atoms with van der Waals surface area (Å²) in [6, 6.07) is 10.6. The van der Waals surface area contributed by atoms with Crippen LogP contribution in [0.2, 0.25) is 0 Å². The number of hydrogen-bond donors (Lipinski definition) is 1. The van der Waals surface area contributed by atoms with E-state index in [9.17, 15) is 9.59 Å². The van der Waals surface area contributed by atoms with Gasteiger partial charge < -0.3 is 19.4 Å². The maximum atomic E-state index is 12.1. The summed E-state index contributed by atoms with van der Waals surface area (Å²) in [4.78, 5) is 25.3. The van der Waals surface area contributed by atoms with E-state index in [1.807, 2.05) is 24.3 Å². The van der Waals surface area contributed by atoms with Crippen LogP contribution in [0, 0.1) is 0 Å². The SMILES string of the molecule is C=CCOc1ccc(CN(C)C(=O)CNC(=O)c2ccco2)cc1. The van der Waals surface area contributed by atoms with Crippen LogP contribution in [-0.4, -0.2) is 36.9 Å². The first-order valence-electron chi connectivity index (χ1n) is 7.48. The van der Waals surface area contributed by atoms with E-state index in [0.29, 0.717) is 13.2 Å². The zero-order chi connectivity index (χ0) is 17.4. The fourth-order valence-electron chi connectivity index (χ4n) is 1.99. The van der Waals surface area contributed by atoms with Gasteiger partial charge in [0.2, 0.25) is 5.91 Å². The van der Waals surface area contributed by atoms with E-state index in [-0.39, 0.29) is 18.2 Å². The highest BCUT2D eigenvalue weighted by molar-refractivity contribution is 5.94. The maximum Gasteiger partial charge on any atom is 0.287 e. The van der Waals surface area contributed by atoms with Gasteiger partial charge in [0.1, 0.15) is 12.4 Å². The Labute approximate surface area is 140 Å². The second kappa shape index (κ2) is 8.57. The van der Waals surface area contributed by atoms with Crippen LogP contribution in [0.15, 0.2) is 59.7 Å². The molecule has 0 spiro atoms. The van der Waals surface area contributed by atoms with Crippen molar-refractivity contribution in [3.8, 4) is 5.75 Å². The summed E-state index contributed by atoms with van der Waals surface area (Å²) in [6.07, 6.45) is 3.09. The number of ether oxygens (including phenoxy) is 1. The van der Waals surface area contributed by atoms with Gasteiger partial charge in [-0.15, -0.1) is 0 Å². The standard InChI is InChI=1S/C18H20N2O4/c1-3-10-23-15-8-6-14(7-9-15)13-20(2)17(21)12-19-18(22)16-5-4-11-24-16/h3-9,11H,1,10,12-13H2,2H3,(H,19,22). The molecule has 0 radical (unpaired) electrons. The van der Waals surface area contributed by atoms with E-state index in [0.717, 1.165) is 11.3 Å². The Balaban J connectivity index is 1.80. The highest BCUT2D eigenvalue weighted by Gasteiger charge is 2.13. The fourth-order valence-corrected chi connectivity index (χ4v) is 1.99. The van der Waals surface area contributed by atoms with Crippen molar-refractivity contribution in [2.45, 2.75) is 6.54 Å². The lowest BCUT2D eigenvalue weighted by Gasteiger charge is -2.17. The van der Waals surface area contributed by atoms with Gasteiger partial charge in [-0.05, 0) is 29.8 Å². The van der Waals surface area contributed by atoms with E-state index in [1.165, 1.54) is 6.26 Å². The van der Waals surface area contributed by atoms with Gasteiger partial charge in [-0.1, -0.05) is 24.8 Å². The van der Waals surface area contributed by atoms with Crippen LogP contribution in [0.1, 0.15) is 16.1 Å². The third-order valence-electron chi connectivity index (χ3n) is 3.28. The number of nitrogens with zero attached hydrogens (tertiary/aromatic N) is 1. The lowest BCUT2D eigenvalue weighted by Crippen LogP contribution is -2.37. The summed E-state index contributed by atoms with van der Waals surface area (Å²) in [6.45, 7) is 4.40. The van der Waals surface area contributed by atoms with Gasteiger partial charge in [-0.2, -0.15) is 0 Å². The number of furan rings is 1. The first-order chi connectivity index (χ1) is 11.6. The molecular formula is C18H20N2O4. The molecule has 0 bridgehead atoms. The predicted octanol–water partition coefficient (Wildman–Crippen LogP) is 2.23. The summed E-state index contributed by atoms with van der Waals surface area (Å²) in [5.41, 5.74) is 0.967. The first-order valence-corrected chi connectivity index (χ1v) is 7.48. The van der Waals surface area contributed by atoms with Gasteiger partial charge in [0.05, 0.1) is 12.8 Å². The van der Waals surface area contributed by atoms with Gasteiger partial charge in [0.25, 0.3) is 5.91 Å². The summed E-state index contributed by atoms with van der Waals surface area (Å²) in [7, 11) is 1.68. The van der Waals surface area contributed by atoms with Crippen molar-refractivity contribution in [2.24, 2.45) is 0 Å². The van der Waals surface area contributed by atoms with Crippen LogP contribution < -0.4 is 10.1 Å². The van der Waals surface area contributed by atoms with E-state index >= 15 is 0 Å². The van der Waals surface area contributed by atoms with Crippen LogP contribution in [0.4, 0.5) is 0 Å². The molecule has 2 rings (SSSR count). The molecule has 1 aromatic heterocycles. The summed E-state index contributed by atoms with van der Waals surface area (Å²) >= 11 is 0. The van der Waals surface area contributed by atoms with Crippen LogP contribution in [-0.2, 0) is 11.3 Å². The number of carbonyl (C=O) groups excluding carboxylic acids is 2. The molecule has 0 aliphatic heterocycles. The monoisotopic (exact) mass is 328 g/mol. The second-order valence-corrected chi connectivity index (χ2v) is 5.15. The summed E-state index contributed by atoms with van der Waals surface area (Å²) in [5, 5.41) is 2.53. The average Bonchev–Trinajstić information content (AvgIpc) is 3.13. The molecule has 1 aromatic carbocycles. The van der Waals surface area contributed by atoms with Gasteiger partial charge in [0.15, 0.2) is 5.76 Å². The number of nitrogens with one attached hydrogen (secondary N) is 1. The first kappa shape index (κ1) is 17.3. The van der Waals surface area contributed by atoms with E-state index in [1.54, 1.807) is 30.2 Å². The van der Waals surface area contributed by atoms with Crippen molar-refractivity contribution in [2.75, 3.05) is 20.2 Å². The molecule has 6 nitrogen and oxygen atoms in total. The van der Waals surface area contributed by atoms with Crippen LogP contribution in [0.3, 0.4) is 0 Å². The van der Waals surface area contributed by atoms with Crippen molar-refractivity contribution < 1.29 is 18.7 Å². The molecule has 2 aromatic rings. The van der Waals surface area contributed by atoms with Gasteiger partial charge in [-0.25, -0.2) is 0 Å². The summed E-state index contributed by atoms with van der Waals surface area (Å²) < 4.78 is 10.4. The molecule has 1 heterocycles. The third kappa shape index (κ3) is 5.01. The minimum atomic E-state index is -0.412. The van der Waals surface area contributed by atoms with Crippen molar-refractivity contribution in [1.29, 1.82) is 0 Å². The summed E-state index contributed by atoms with van der Waals surface area (Å²) in [5.74, 6) is 0.325. The number of hydrogen-bond acceptors (Lipinski definition) is 4. The molecule has 0 fully saturated rings. The minimum Gasteiger partial charge on any atom is -0.490 e. The Morgan fingerprint density at radius 2 is 2.04 bits per heavy atom. The van der Waals surface area contributed by atoms with Gasteiger partial charge >= 0.3 is 0 Å². The Morgan fingerprint density at radius 1 is 1.29 bits per heavy atom. The van der Waals surface area contributed by atoms with Crippen molar-refractivity contribution in [3.63, 3.8) is 0 Å². The highest BCUT2D eigenvalue weighted by atomic mass is 16.5. The van der Waals surface area contributed by atoms with Gasteiger partial charge in [-0.3, -0.25) is 9.59 Å². The number of carbonyl (C=O) groups is 2. The average molecular weight is 328 g/mol. The van der Waals surface area contributed by atoms with Gasteiger partial charge in [0, 0.05) is 13.6 Å². The molecule has 126 valence electrons. The molecule has 1 N–H and O–H groups in total. The van der Waals surface area contributed by atoms with E-state index in [4.69, 9.17) is 9.15 Å². The Kier molecular flexibility index (Phi) is 6.19. The smallest absolute Gasteiger partial charge is 0.287 e. The third-order valence-corrected chi connectivity index (χ3v) is 3.28. The largest absolute Gasteiger partial charge is 0.490 e. The Bertz CT molecular complexity index is 678. The molecular weight excluding hydrogens is 308 g/mol. The molecule has 2 amide bonds. The number of amides is 2. The van der Waals surface area contributed by atoms with Crippen LogP contribution >= 0.6 is 0 Å². The second-order valence-electron chi connectivity index (χ2n) is 5.15.